The first-order valence-corrected chi connectivity index (χ1v) is 13.3. The number of nitrogens with zero attached hydrogens (tertiary/aromatic N) is 2. The largest absolute Gasteiger partial charge is 0.376 e. The maximum absolute atomic E-state index is 12.7. The molecule has 0 fully saturated rings. The Kier molecular flexibility index (Phi) is 6.18. The van der Waals surface area contributed by atoms with Gasteiger partial charge < -0.3 is 10.1 Å². The molecule has 0 saturated heterocycles. The Labute approximate surface area is 201 Å². The molecule has 0 saturated carbocycles. The molecule has 0 radical (unpaired) electrons. The zero-order valence-electron chi connectivity index (χ0n) is 18.9. The SMILES string of the molecule is Cc1cc(-c2ccc3c(c2)COCC3)cc(P)c1CC(=O)NS(=O)(=O)c1cc2n(n1)CCCN2. The third-order valence-electron chi connectivity index (χ3n) is 6.29. The highest BCUT2D eigenvalue weighted by Crippen LogP contribution is 2.27. The van der Waals surface area contributed by atoms with E-state index in [0.29, 0.717) is 19.0 Å². The maximum atomic E-state index is 12.7. The maximum Gasteiger partial charge on any atom is 0.283 e. The van der Waals surface area contributed by atoms with Crippen molar-refractivity contribution in [3.63, 3.8) is 0 Å². The molecule has 1 aromatic heterocycles. The van der Waals surface area contributed by atoms with Gasteiger partial charge in [0.05, 0.1) is 19.6 Å². The second-order valence-electron chi connectivity index (χ2n) is 8.72. The van der Waals surface area contributed by atoms with Crippen molar-refractivity contribution in [2.45, 2.75) is 44.4 Å². The standard InChI is InChI=1S/C24H27N4O4PS/c1-15-9-18(17-4-3-16-5-8-32-14-19(16)10-17)11-21(33)20(15)12-23(29)27-34(30,31)24-13-22-25-6-2-7-28(22)26-24/h3-4,9-11,13,25H,2,5-8,12,14,33H2,1H3,(H,27,29). The molecule has 3 heterocycles. The number of hydrogen-bond donors (Lipinski definition) is 2. The van der Waals surface area contributed by atoms with Crippen LogP contribution in [-0.4, -0.2) is 37.3 Å². The van der Waals surface area contributed by atoms with Crippen LogP contribution in [0.5, 0.6) is 0 Å². The van der Waals surface area contributed by atoms with Crippen molar-refractivity contribution in [2.75, 3.05) is 18.5 Å². The van der Waals surface area contributed by atoms with E-state index in [1.165, 1.54) is 17.2 Å². The summed E-state index contributed by atoms with van der Waals surface area (Å²) in [6.07, 6.45) is 1.75. The van der Waals surface area contributed by atoms with E-state index in [2.05, 4.69) is 42.6 Å². The first-order chi connectivity index (χ1) is 16.3. The summed E-state index contributed by atoms with van der Waals surface area (Å²) in [6, 6.07) is 11.9. The number of fused-ring (bicyclic) bond motifs is 2. The van der Waals surface area contributed by atoms with E-state index in [0.717, 1.165) is 53.6 Å². The molecule has 178 valence electrons. The fraction of sp³-hybridized carbons (Fsp3) is 0.333. The van der Waals surface area contributed by atoms with E-state index in [1.54, 1.807) is 4.68 Å². The molecular formula is C24H27N4O4PS. The molecule has 3 aromatic rings. The molecule has 2 aromatic carbocycles. The lowest BCUT2D eigenvalue weighted by atomic mass is 9.94. The predicted molar refractivity (Wildman–Crippen MR) is 134 cm³/mol. The van der Waals surface area contributed by atoms with Crippen molar-refractivity contribution in [2.24, 2.45) is 0 Å². The first kappa shape index (κ1) is 23.0. The molecule has 1 unspecified atom stereocenters. The highest BCUT2D eigenvalue weighted by Gasteiger charge is 2.25. The molecular weight excluding hydrogens is 471 g/mol. The molecule has 2 N–H and O–H groups in total. The molecule has 1 amide bonds. The Morgan fingerprint density at radius 3 is 2.85 bits per heavy atom. The number of hydrogen-bond acceptors (Lipinski definition) is 6. The van der Waals surface area contributed by atoms with Crippen LogP contribution in [0.3, 0.4) is 0 Å². The van der Waals surface area contributed by atoms with Crippen LogP contribution < -0.4 is 15.3 Å². The highest BCUT2D eigenvalue weighted by molar-refractivity contribution is 7.90. The van der Waals surface area contributed by atoms with Crippen LogP contribution in [0.25, 0.3) is 11.1 Å². The molecule has 5 rings (SSSR count). The van der Waals surface area contributed by atoms with Crippen molar-refractivity contribution in [1.82, 2.24) is 14.5 Å². The number of anilines is 1. The van der Waals surface area contributed by atoms with Gasteiger partial charge in [-0.2, -0.15) is 13.5 Å². The van der Waals surface area contributed by atoms with Crippen molar-refractivity contribution >= 4 is 36.3 Å². The summed E-state index contributed by atoms with van der Waals surface area (Å²) >= 11 is 0. The van der Waals surface area contributed by atoms with Gasteiger partial charge >= 0.3 is 0 Å². The summed E-state index contributed by atoms with van der Waals surface area (Å²) < 4.78 is 34.8. The molecule has 0 aliphatic carbocycles. The zero-order valence-corrected chi connectivity index (χ0v) is 20.9. The first-order valence-electron chi connectivity index (χ1n) is 11.3. The van der Waals surface area contributed by atoms with E-state index in [1.807, 2.05) is 19.1 Å². The minimum absolute atomic E-state index is 0.0476. The Balaban J connectivity index is 1.33. The van der Waals surface area contributed by atoms with Crippen molar-refractivity contribution in [3.8, 4) is 11.1 Å². The van der Waals surface area contributed by atoms with E-state index in [9.17, 15) is 13.2 Å². The lowest BCUT2D eigenvalue weighted by Crippen LogP contribution is -2.33. The van der Waals surface area contributed by atoms with Gasteiger partial charge in [0.15, 0.2) is 5.03 Å². The number of rotatable bonds is 5. The minimum Gasteiger partial charge on any atom is -0.376 e. The van der Waals surface area contributed by atoms with E-state index in [-0.39, 0.29) is 11.4 Å². The van der Waals surface area contributed by atoms with Gasteiger partial charge in [0.2, 0.25) is 5.91 Å². The van der Waals surface area contributed by atoms with Crippen LogP contribution in [0.2, 0.25) is 0 Å². The van der Waals surface area contributed by atoms with E-state index >= 15 is 0 Å². The van der Waals surface area contributed by atoms with Gasteiger partial charge in [-0.05, 0) is 70.6 Å². The molecule has 2 aliphatic rings. The third kappa shape index (κ3) is 4.60. The number of benzene rings is 2. The van der Waals surface area contributed by atoms with Crippen LogP contribution >= 0.6 is 9.24 Å². The van der Waals surface area contributed by atoms with Gasteiger partial charge in [-0.15, -0.1) is 9.24 Å². The summed E-state index contributed by atoms with van der Waals surface area (Å²) in [7, 11) is -1.37. The normalized spacial score (nSPS) is 15.2. The van der Waals surface area contributed by atoms with Crippen molar-refractivity contribution in [3.05, 3.63) is 58.7 Å². The van der Waals surface area contributed by atoms with E-state index < -0.39 is 15.9 Å². The van der Waals surface area contributed by atoms with Crippen molar-refractivity contribution in [1.29, 1.82) is 0 Å². The molecule has 8 nitrogen and oxygen atoms in total. The number of amides is 1. The Bertz CT molecular complexity index is 1340. The number of ether oxygens (including phenoxy) is 1. The average Bonchev–Trinajstić information content (AvgIpc) is 3.26. The van der Waals surface area contributed by atoms with Gasteiger partial charge in [-0.3, -0.25) is 4.79 Å². The smallest absolute Gasteiger partial charge is 0.283 e. The topological polar surface area (TPSA) is 102 Å². The molecule has 0 bridgehead atoms. The molecule has 10 heteroatoms. The number of aromatic nitrogens is 2. The van der Waals surface area contributed by atoms with Crippen LogP contribution in [0.15, 0.2) is 41.4 Å². The van der Waals surface area contributed by atoms with Crippen LogP contribution in [0, 0.1) is 6.92 Å². The summed E-state index contributed by atoms with van der Waals surface area (Å²) in [6.45, 7) is 4.73. The molecule has 2 aliphatic heterocycles. The fourth-order valence-corrected chi connectivity index (χ4v) is 5.94. The highest BCUT2D eigenvalue weighted by atomic mass is 32.2. The van der Waals surface area contributed by atoms with Crippen LogP contribution in [0.4, 0.5) is 5.82 Å². The zero-order chi connectivity index (χ0) is 23.9. The number of nitrogens with one attached hydrogen (secondary N) is 2. The van der Waals surface area contributed by atoms with Crippen LogP contribution in [0.1, 0.15) is 28.7 Å². The Morgan fingerprint density at radius 1 is 1.21 bits per heavy atom. The summed E-state index contributed by atoms with van der Waals surface area (Å²) in [5.41, 5.74) is 6.37. The summed E-state index contributed by atoms with van der Waals surface area (Å²) in [5, 5.41) is 7.95. The molecule has 1 atom stereocenters. The number of carbonyl (C=O) groups is 1. The number of sulfonamides is 1. The van der Waals surface area contributed by atoms with Gasteiger partial charge in [-0.25, -0.2) is 9.40 Å². The number of aryl methyl sites for hydroxylation is 2. The van der Waals surface area contributed by atoms with Gasteiger partial charge in [0.1, 0.15) is 5.82 Å². The summed E-state index contributed by atoms with van der Waals surface area (Å²) in [4.78, 5) is 12.7. The van der Waals surface area contributed by atoms with Crippen LogP contribution in [-0.2, 0) is 45.5 Å². The third-order valence-corrected chi connectivity index (χ3v) is 8.05. The number of carbonyl (C=O) groups excluding carboxylic acids is 1. The quantitative estimate of drug-likeness (QED) is 0.524. The van der Waals surface area contributed by atoms with Gasteiger partial charge in [0, 0.05) is 19.2 Å². The average molecular weight is 499 g/mol. The Morgan fingerprint density at radius 2 is 2.06 bits per heavy atom. The lowest BCUT2D eigenvalue weighted by Gasteiger charge is -2.18. The second kappa shape index (κ2) is 9.13. The van der Waals surface area contributed by atoms with Gasteiger partial charge in [0.25, 0.3) is 10.0 Å². The van der Waals surface area contributed by atoms with E-state index in [4.69, 9.17) is 4.74 Å². The molecule has 0 spiro atoms. The monoisotopic (exact) mass is 498 g/mol. The van der Waals surface area contributed by atoms with Crippen molar-refractivity contribution < 1.29 is 17.9 Å². The Hall–Kier alpha value is -2.74. The minimum atomic E-state index is -4.05. The predicted octanol–water partition coefficient (Wildman–Crippen LogP) is 2.29. The summed E-state index contributed by atoms with van der Waals surface area (Å²) in [5.74, 6) is 0.0518. The second-order valence-corrected chi connectivity index (χ2v) is 11.0. The lowest BCUT2D eigenvalue weighted by molar-refractivity contribution is -0.118. The van der Waals surface area contributed by atoms with Gasteiger partial charge in [-0.1, -0.05) is 18.2 Å². The fourth-order valence-electron chi connectivity index (χ4n) is 4.48. The molecule has 34 heavy (non-hydrogen) atoms.